The topological polar surface area (TPSA) is 28.0 Å². The number of thiophene rings is 1. The highest BCUT2D eigenvalue weighted by Gasteiger charge is 2.31. The van der Waals surface area contributed by atoms with Gasteiger partial charge in [0.05, 0.1) is 11.4 Å². The van der Waals surface area contributed by atoms with Gasteiger partial charge in [0.25, 0.3) is 0 Å². The number of nitrogens with zero attached hydrogens (tertiary/aromatic N) is 3. The first-order valence-corrected chi connectivity index (χ1v) is 9.88. The average Bonchev–Trinajstić information content (AvgIpc) is 3.11. The summed E-state index contributed by atoms with van der Waals surface area (Å²) < 4.78 is 0. The van der Waals surface area contributed by atoms with Crippen LogP contribution in [0.1, 0.15) is 28.5 Å². The molecule has 1 unspecified atom stereocenters. The fourth-order valence-corrected chi connectivity index (χ4v) is 4.22. The zero-order valence-electron chi connectivity index (χ0n) is 14.4. The smallest absolute Gasteiger partial charge is 0.142 e. The molecule has 3 aromatic rings. The van der Waals surface area contributed by atoms with Gasteiger partial charge in [0.2, 0.25) is 0 Å². The first-order chi connectivity index (χ1) is 12.9. The third kappa shape index (κ3) is 2.67. The molecule has 128 valence electrons. The van der Waals surface area contributed by atoms with E-state index in [1.54, 1.807) is 11.3 Å². The van der Waals surface area contributed by atoms with Crippen LogP contribution in [-0.2, 0) is 0 Å². The minimum atomic E-state index is -0.0436. The molecule has 26 heavy (non-hydrogen) atoms. The number of hydrogen-bond acceptors (Lipinski definition) is 4. The predicted molar refractivity (Wildman–Crippen MR) is 109 cm³/mol. The van der Waals surface area contributed by atoms with Gasteiger partial charge in [-0.1, -0.05) is 54.6 Å². The number of hydrogen-bond donors (Lipinski definition) is 0. The summed E-state index contributed by atoms with van der Waals surface area (Å²) in [4.78, 5) is 14.0. The molecule has 1 saturated heterocycles. The van der Waals surface area contributed by atoms with Gasteiger partial charge >= 0.3 is 0 Å². The van der Waals surface area contributed by atoms with Crippen LogP contribution in [0.5, 0.6) is 0 Å². The van der Waals surface area contributed by atoms with Gasteiger partial charge in [-0.25, -0.2) is 4.99 Å². The van der Waals surface area contributed by atoms with E-state index in [1.807, 2.05) is 6.07 Å². The van der Waals surface area contributed by atoms with Crippen LogP contribution in [0, 0.1) is 0 Å². The van der Waals surface area contributed by atoms with Crippen molar-refractivity contribution < 1.29 is 0 Å². The number of amidine groups is 1. The quantitative estimate of drug-likeness (QED) is 0.629. The van der Waals surface area contributed by atoms with Crippen molar-refractivity contribution in [3.63, 3.8) is 0 Å². The van der Waals surface area contributed by atoms with Crippen molar-refractivity contribution in [2.45, 2.75) is 12.5 Å². The van der Waals surface area contributed by atoms with E-state index in [9.17, 15) is 0 Å². The van der Waals surface area contributed by atoms with Crippen LogP contribution in [0.25, 0.3) is 0 Å². The van der Waals surface area contributed by atoms with Crippen molar-refractivity contribution in [2.24, 2.45) is 9.98 Å². The number of fused-ring (bicyclic) bond motifs is 1. The van der Waals surface area contributed by atoms with Crippen LogP contribution >= 0.6 is 11.3 Å². The molecular formula is C22H19N3S. The second kappa shape index (κ2) is 6.54. The zero-order chi connectivity index (χ0) is 17.3. The molecule has 0 radical (unpaired) electrons. The Morgan fingerprint density at radius 3 is 2.42 bits per heavy atom. The van der Waals surface area contributed by atoms with Gasteiger partial charge in [0.1, 0.15) is 11.9 Å². The van der Waals surface area contributed by atoms with Crippen molar-refractivity contribution in [3.05, 3.63) is 88.1 Å². The first-order valence-electron chi connectivity index (χ1n) is 9.00. The summed E-state index contributed by atoms with van der Waals surface area (Å²) >= 11 is 1.76. The second-order valence-electron chi connectivity index (χ2n) is 6.59. The van der Waals surface area contributed by atoms with Crippen molar-refractivity contribution >= 4 is 28.6 Å². The minimum Gasteiger partial charge on any atom is -0.358 e. The summed E-state index contributed by atoms with van der Waals surface area (Å²) in [7, 11) is 0. The normalized spacial score (nSPS) is 19.1. The molecule has 4 heteroatoms. The van der Waals surface area contributed by atoms with Crippen molar-refractivity contribution in [1.82, 2.24) is 4.90 Å². The van der Waals surface area contributed by atoms with Crippen LogP contribution in [0.15, 0.2) is 82.1 Å². The molecule has 0 amide bonds. The van der Waals surface area contributed by atoms with Gasteiger partial charge in [-0.3, -0.25) is 4.99 Å². The highest BCUT2D eigenvalue weighted by atomic mass is 32.1. The Morgan fingerprint density at radius 1 is 0.885 bits per heavy atom. The molecule has 0 spiro atoms. The maximum atomic E-state index is 5.27. The number of likely N-dealkylation sites (tertiary alicyclic amines) is 1. The minimum absolute atomic E-state index is 0.0436. The maximum absolute atomic E-state index is 5.27. The molecule has 2 aliphatic heterocycles. The van der Waals surface area contributed by atoms with E-state index >= 15 is 0 Å². The molecule has 1 atom stereocenters. The van der Waals surface area contributed by atoms with Crippen LogP contribution in [0.3, 0.4) is 0 Å². The van der Waals surface area contributed by atoms with Gasteiger partial charge in [-0.2, -0.15) is 0 Å². The summed E-state index contributed by atoms with van der Waals surface area (Å²) in [5, 5.41) is 2.12. The molecule has 1 aromatic heterocycles. The number of benzene rings is 2. The Balaban J connectivity index is 1.74. The van der Waals surface area contributed by atoms with E-state index in [1.165, 1.54) is 11.3 Å². The third-order valence-electron chi connectivity index (χ3n) is 4.94. The Hall–Kier alpha value is -2.72. The number of rotatable bonds is 2. The monoisotopic (exact) mass is 357 g/mol. The molecule has 0 saturated carbocycles. The molecule has 2 aliphatic rings. The number of para-hydroxylation sites is 1. The second-order valence-corrected chi connectivity index (χ2v) is 7.57. The van der Waals surface area contributed by atoms with Crippen LogP contribution < -0.4 is 0 Å². The highest BCUT2D eigenvalue weighted by Crippen LogP contribution is 2.35. The Kier molecular flexibility index (Phi) is 3.91. The van der Waals surface area contributed by atoms with E-state index in [0.717, 1.165) is 41.5 Å². The maximum Gasteiger partial charge on any atom is 0.142 e. The lowest BCUT2D eigenvalue weighted by molar-refractivity contribution is 0.291. The van der Waals surface area contributed by atoms with Crippen LogP contribution in [-0.4, -0.2) is 29.5 Å². The Labute approximate surface area is 157 Å². The number of aliphatic imine (C=N–C) groups is 2. The molecule has 1 fully saturated rings. The first kappa shape index (κ1) is 15.5. The lowest BCUT2D eigenvalue weighted by Crippen LogP contribution is -2.44. The summed E-state index contributed by atoms with van der Waals surface area (Å²) in [5.41, 5.74) is 4.28. The van der Waals surface area contributed by atoms with E-state index in [2.05, 4.69) is 70.9 Å². The lowest BCUT2D eigenvalue weighted by atomic mass is 10.0. The molecule has 0 aliphatic carbocycles. The van der Waals surface area contributed by atoms with Crippen LogP contribution in [0.4, 0.5) is 5.69 Å². The van der Waals surface area contributed by atoms with Gasteiger partial charge < -0.3 is 4.90 Å². The molecule has 3 nitrogen and oxygen atoms in total. The Bertz CT molecular complexity index is 970. The largest absolute Gasteiger partial charge is 0.358 e. The SMILES string of the molecule is c1ccc(C2=NC(c3cccs3)C(N3CCC3)=Nc3ccccc32)cc1. The highest BCUT2D eigenvalue weighted by molar-refractivity contribution is 7.10. The van der Waals surface area contributed by atoms with Gasteiger partial charge in [-0.15, -0.1) is 11.3 Å². The van der Waals surface area contributed by atoms with Crippen molar-refractivity contribution in [2.75, 3.05) is 13.1 Å². The van der Waals surface area contributed by atoms with Crippen molar-refractivity contribution in [3.8, 4) is 0 Å². The molecular weight excluding hydrogens is 338 g/mol. The van der Waals surface area contributed by atoms with Crippen molar-refractivity contribution in [1.29, 1.82) is 0 Å². The lowest BCUT2D eigenvalue weighted by Gasteiger charge is -2.36. The van der Waals surface area contributed by atoms with E-state index in [0.29, 0.717) is 0 Å². The molecule has 2 aromatic carbocycles. The Morgan fingerprint density at radius 2 is 1.69 bits per heavy atom. The average molecular weight is 357 g/mol. The van der Waals surface area contributed by atoms with E-state index in [4.69, 9.17) is 9.98 Å². The fraction of sp³-hybridized carbons (Fsp3) is 0.182. The molecule has 0 N–H and O–H groups in total. The van der Waals surface area contributed by atoms with Gasteiger partial charge in [0, 0.05) is 29.1 Å². The van der Waals surface area contributed by atoms with E-state index < -0.39 is 0 Å². The summed E-state index contributed by atoms with van der Waals surface area (Å²) in [6.45, 7) is 2.14. The van der Waals surface area contributed by atoms with Gasteiger partial charge in [0.15, 0.2) is 0 Å². The summed E-state index contributed by atoms with van der Waals surface area (Å²) in [6, 6.07) is 23.1. The zero-order valence-corrected chi connectivity index (χ0v) is 15.2. The molecule has 0 bridgehead atoms. The summed E-state index contributed by atoms with van der Waals surface area (Å²) in [5.74, 6) is 1.08. The summed E-state index contributed by atoms with van der Waals surface area (Å²) in [6.07, 6.45) is 1.23. The van der Waals surface area contributed by atoms with E-state index in [-0.39, 0.29) is 6.04 Å². The third-order valence-corrected chi connectivity index (χ3v) is 5.86. The van der Waals surface area contributed by atoms with Crippen LogP contribution in [0.2, 0.25) is 0 Å². The molecule has 3 heterocycles. The predicted octanol–water partition coefficient (Wildman–Crippen LogP) is 5.08. The standard InChI is InChI=1S/C22H19N3S/c1-2-8-16(9-3-1)20-17-10-4-5-11-18(17)23-22(25-13-7-14-25)21(24-20)19-12-6-15-26-19/h1-6,8-12,15,21H,7,13-14H2. The molecule has 5 rings (SSSR count). The fourth-order valence-electron chi connectivity index (χ4n) is 3.47. The van der Waals surface area contributed by atoms with Gasteiger partial charge in [-0.05, 0) is 23.9 Å².